The van der Waals surface area contributed by atoms with Crippen LogP contribution in [-0.2, 0) is 14.8 Å². The molecule has 0 saturated heterocycles. The van der Waals surface area contributed by atoms with E-state index in [1.54, 1.807) is 24.0 Å². The average Bonchev–Trinajstić information content (AvgIpc) is 2.90. The van der Waals surface area contributed by atoms with E-state index in [0.29, 0.717) is 30.5 Å². The molecule has 216 valence electrons. The van der Waals surface area contributed by atoms with E-state index in [1.165, 1.54) is 30.3 Å². The minimum absolute atomic E-state index is 0.0341. The molecule has 0 spiro atoms. The number of nitrogens with one attached hydrogen (secondary N) is 2. The lowest BCUT2D eigenvalue weighted by Gasteiger charge is -2.34. The Morgan fingerprint density at radius 2 is 1.87 bits per heavy atom. The van der Waals surface area contributed by atoms with Crippen molar-refractivity contribution in [2.24, 2.45) is 5.92 Å². The second kappa shape index (κ2) is 14.3. The Kier molecular flexibility index (Phi) is 11.4. The smallest absolute Gasteiger partial charge is 0.261 e. The van der Waals surface area contributed by atoms with Gasteiger partial charge < -0.3 is 24.8 Å². The summed E-state index contributed by atoms with van der Waals surface area (Å²) in [6, 6.07) is 10.0. The van der Waals surface area contributed by atoms with E-state index in [-0.39, 0.29) is 46.8 Å². The summed E-state index contributed by atoms with van der Waals surface area (Å²) in [7, 11) is -2.06. The summed E-state index contributed by atoms with van der Waals surface area (Å²) in [6.45, 7) is 7.09. The monoisotopic (exact) mass is 581 g/mol. The number of amides is 1. The van der Waals surface area contributed by atoms with Gasteiger partial charge in [-0.3, -0.25) is 9.52 Å². The van der Waals surface area contributed by atoms with Crippen molar-refractivity contribution in [2.75, 3.05) is 38.1 Å². The van der Waals surface area contributed by atoms with Gasteiger partial charge in [-0.1, -0.05) is 18.5 Å². The molecule has 39 heavy (non-hydrogen) atoms. The maximum Gasteiger partial charge on any atom is 0.261 e. The molecule has 0 saturated carbocycles. The number of likely N-dealkylation sites (N-methyl/N-ethyl adjacent to an activating group) is 1. The van der Waals surface area contributed by atoms with Crippen molar-refractivity contribution < 1.29 is 27.8 Å². The number of carbonyl (C=O) groups is 1. The molecular weight excluding hydrogens is 542 g/mol. The fraction of sp³-hybridized carbons (Fsp3) is 0.536. The summed E-state index contributed by atoms with van der Waals surface area (Å²) < 4.78 is 41.0. The first-order valence-electron chi connectivity index (χ1n) is 13.3. The lowest BCUT2D eigenvalue weighted by molar-refractivity contribution is -0.000450. The maximum absolute atomic E-state index is 14.0. The molecule has 1 heterocycles. The molecule has 0 bridgehead atoms. The first-order chi connectivity index (χ1) is 18.6. The van der Waals surface area contributed by atoms with E-state index in [0.717, 1.165) is 19.3 Å². The van der Waals surface area contributed by atoms with Crippen LogP contribution in [0.2, 0.25) is 5.02 Å². The van der Waals surface area contributed by atoms with E-state index in [4.69, 9.17) is 21.1 Å². The van der Waals surface area contributed by atoms with E-state index >= 15 is 0 Å². The Morgan fingerprint density at radius 1 is 1.15 bits per heavy atom. The minimum Gasteiger partial charge on any atom is -0.490 e. The molecule has 1 amide bonds. The second-order valence-corrected chi connectivity index (χ2v) is 12.2. The third-order valence-corrected chi connectivity index (χ3v) is 8.48. The molecule has 2 aromatic rings. The lowest BCUT2D eigenvalue weighted by Crippen LogP contribution is -2.47. The first-order valence-corrected chi connectivity index (χ1v) is 15.2. The third kappa shape index (κ3) is 8.56. The van der Waals surface area contributed by atoms with Crippen molar-refractivity contribution >= 4 is 33.2 Å². The van der Waals surface area contributed by atoms with Gasteiger partial charge in [0.1, 0.15) is 5.75 Å². The van der Waals surface area contributed by atoms with E-state index in [2.05, 4.69) is 10.0 Å². The van der Waals surface area contributed by atoms with Crippen molar-refractivity contribution in [2.45, 2.75) is 63.2 Å². The van der Waals surface area contributed by atoms with Gasteiger partial charge in [-0.15, -0.1) is 0 Å². The molecule has 0 fully saturated rings. The van der Waals surface area contributed by atoms with Crippen LogP contribution < -0.4 is 14.8 Å². The number of anilines is 1. The molecule has 11 heteroatoms. The van der Waals surface area contributed by atoms with Gasteiger partial charge in [-0.05, 0) is 82.6 Å². The molecule has 0 radical (unpaired) electrons. The molecule has 4 atom stereocenters. The number of hydrogen-bond acceptors (Lipinski definition) is 7. The van der Waals surface area contributed by atoms with Crippen LogP contribution in [-0.4, -0.2) is 75.9 Å². The van der Waals surface area contributed by atoms with Gasteiger partial charge in [0.05, 0.1) is 35.3 Å². The number of ether oxygens (including phenoxy) is 2. The van der Waals surface area contributed by atoms with Gasteiger partial charge in [-0.2, -0.15) is 0 Å². The van der Waals surface area contributed by atoms with Crippen molar-refractivity contribution in [1.82, 2.24) is 10.2 Å². The highest BCUT2D eigenvalue weighted by Crippen LogP contribution is 2.29. The summed E-state index contributed by atoms with van der Waals surface area (Å²) >= 11 is 5.91. The molecule has 3 rings (SSSR count). The number of sulfonamides is 1. The van der Waals surface area contributed by atoms with Crippen molar-refractivity contribution in [3.8, 4) is 5.75 Å². The highest BCUT2D eigenvalue weighted by molar-refractivity contribution is 7.92. The number of hydrogen-bond donors (Lipinski definition) is 3. The van der Waals surface area contributed by atoms with Crippen molar-refractivity contribution in [3.63, 3.8) is 0 Å². The van der Waals surface area contributed by atoms with Crippen LogP contribution >= 0.6 is 11.6 Å². The number of aliphatic hydroxyl groups is 1. The van der Waals surface area contributed by atoms with Crippen molar-refractivity contribution in [1.29, 1.82) is 0 Å². The van der Waals surface area contributed by atoms with Gasteiger partial charge in [0.2, 0.25) is 0 Å². The first kappa shape index (κ1) is 31.2. The van der Waals surface area contributed by atoms with Crippen LogP contribution in [0.15, 0.2) is 47.4 Å². The number of nitrogens with zero attached hydrogens (tertiary/aromatic N) is 1. The summed E-state index contributed by atoms with van der Waals surface area (Å²) in [6.07, 6.45) is 2.26. The van der Waals surface area contributed by atoms with Crippen LogP contribution in [0.3, 0.4) is 0 Å². The summed E-state index contributed by atoms with van der Waals surface area (Å²) in [5.41, 5.74) is 0.435. The lowest BCUT2D eigenvalue weighted by atomic mass is 10.0. The molecule has 1 aliphatic heterocycles. The largest absolute Gasteiger partial charge is 0.490 e. The van der Waals surface area contributed by atoms with Crippen LogP contribution in [0.4, 0.5) is 5.69 Å². The van der Waals surface area contributed by atoms with Crippen LogP contribution in [0, 0.1) is 5.92 Å². The van der Waals surface area contributed by atoms with Gasteiger partial charge in [0, 0.05) is 36.3 Å². The Balaban J connectivity index is 2.02. The number of aliphatic hydroxyl groups excluding tert-OH is 1. The maximum atomic E-state index is 14.0. The topological polar surface area (TPSA) is 117 Å². The normalized spacial score (nSPS) is 22.4. The van der Waals surface area contributed by atoms with Crippen LogP contribution in [0.25, 0.3) is 0 Å². The van der Waals surface area contributed by atoms with Crippen LogP contribution in [0.5, 0.6) is 5.75 Å². The summed E-state index contributed by atoms with van der Waals surface area (Å²) in [4.78, 5) is 15.7. The highest BCUT2D eigenvalue weighted by atomic mass is 35.5. The molecule has 3 N–H and O–H groups in total. The molecule has 9 nitrogen and oxygen atoms in total. The number of carbonyl (C=O) groups excluding carboxylic acids is 1. The molecule has 2 aromatic carbocycles. The fourth-order valence-corrected chi connectivity index (χ4v) is 5.68. The fourth-order valence-electron chi connectivity index (χ4n) is 4.51. The average molecular weight is 582 g/mol. The molecule has 0 aromatic heterocycles. The second-order valence-electron chi connectivity index (χ2n) is 10.1. The Bertz CT molecular complexity index is 1190. The summed E-state index contributed by atoms with van der Waals surface area (Å²) in [5, 5.41) is 13.6. The molecular formula is C28H40ClN3O6S. The van der Waals surface area contributed by atoms with E-state index in [9.17, 15) is 18.3 Å². The summed E-state index contributed by atoms with van der Waals surface area (Å²) in [5.74, 6) is -0.0311. The quantitative estimate of drug-likeness (QED) is 0.449. The minimum atomic E-state index is -3.93. The molecule has 0 unspecified atom stereocenters. The van der Waals surface area contributed by atoms with Crippen LogP contribution in [0.1, 0.15) is 50.4 Å². The van der Waals surface area contributed by atoms with Gasteiger partial charge in [0.25, 0.3) is 15.9 Å². The predicted octanol–water partition coefficient (Wildman–Crippen LogP) is 4.16. The van der Waals surface area contributed by atoms with Gasteiger partial charge in [-0.25, -0.2) is 8.42 Å². The third-order valence-electron chi connectivity index (χ3n) is 6.83. The van der Waals surface area contributed by atoms with E-state index in [1.807, 2.05) is 20.9 Å². The number of fused-ring (bicyclic) bond motifs is 1. The molecule has 1 aliphatic rings. The SMILES string of the molecule is CNC[C@@H]1OCCCC[C@H](C)Oc2ccc(NS(=O)(=O)c3ccc(Cl)cc3)cc2C(=O)N([C@H](C)CO)C[C@@H]1C. The van der Waals surface area contributed by atoms with Crippen molar-refractivity contribution in [3.05, 3.63) is 53.1 Å². The zero-order chi connectivity index (χ0) is 28.6. The zero-order valence-corrected chi connectivity index (χ0v) is 24.6. The van der Waals surface area contributed by atoms with Gasteiger partial charge >= 0.3 is 0 Å². The van der Waals surface area contributed by atoms with E-state index < -0.39 is 16.1 Å². The Morgan fingerprint density at radius 3 is 2.54 bits per heavy atom. The zero-order valence-electron chi connectivity index (χ0n) is 23.0. The Hall–Kier alpha value is -2.37. The molecule has 0 aliphatic carbocycles. The standard InChI is InChI=1S/C28H40ClN3O6S/c1-19-17-32(20(2)18-33)28(34)25-15-23(31-39(35,36)24-11-8-22(29)9-12-24)10-13-26(25)38-21(3)7-5-6-14-37-27(19)16-30-4/h8-13,15,19-21,27,30-31,33H,5-7,14,16-18H2,1-4H3/t19-,20+,21-,27-/m0/s1. The number of benzene rings is 2. The highest BCUT2D eigenvalue weighted by Gasteiger charge is 2.30. The number of halogens is 1. The number of rotatable bonds is 7. The van der Waals surface area contributed by atoms with Gasteiger partial charge in [0.15, 0.2) is 0 Å². The predicted molar refractivity (Wildman–Crippen MR) is 153 cm³/mol. The Labute approximate surface area is 236 Å².